The molecule has 0 unspecified atom stereocenters. The van der Waals surface area contributed by atoms with Crippen molar-refractivity contribution in [2.45, 2.75) is 6.92 Å². The van der Waals surface area contributed by atoms with Crippen LogP contribution in [0.4, 0.5) is 11.4 Å². The van der Waals surface area contributed by atoms with Gasteiger partial charge in [0.15, 0.2) is 0 Å². The quantitative estimate of drug-likeness (QED) is 0.736. The first-order valence-corrected chi connectivity index (χ1v) is 10.2. The van der Waals surface area contributed by atoms with Gasteiger partial charge in [0.2, 0.25) is 15.9 Å². The smallest absolute Gasteiger partial charge is 0.245 e. The Hall–Kier alpha value is -2.06. The average Bonchev–Trinajstić information content (AvgIpc) is 2.53. The van der Waals surface area contributed by atoms with Gasteiger partial charge < -0.3 is 10.1 Å². The lowest BCUT2D eigenvalue weighted by Gasteiger charge is -2.22. The molecule has 0 spiro atoms. The molecule has 2 aromatic carbocycles. The number of rotatable bonds is 7. The summed E-state index contributed by atoms with van der Waals surface area (Å²) in [6, 6.07) is 13.6. The lowest BCUT2D eigenvalue weighted by Crippen LogP contribution is -2.37. The molecule has 2 rings (SSSR count). The Bertz CT molecular complexity index is 838. The molecule has 0 radical (unpaired) electrons. The van der Waals surface area contributed by atoms with Gasteiger partial charge in [0, 0.05) is 16.2 Å². The Balaban J connectivity index is 2.15. The van der Waals surface area contributed by atoms with Crippen molar-refractivity contribution in [3.8, 4) is 5.75 Å². The predicted octanol–water partition coefficient (Wildman–Crippen LogP) is 3.25. The van der Waals surface area contributed by atoms with E-state index < -0.39 is 15.9 Å². The van der Waals surface area contributed by atoms with Crippen LogP contribution in [0.5, 0.6) is 5.75 Å². The summed E-state index contributed by atoms with van der Waals surface area (Å²) in [6.45, 7) is 2.07. The van der Waals surface area contributed by atoms with E-state index in [-0.39, 0.29) is 6.54 Å². The van der Waals surface area contributed by atoms with Gasteiger partial charge in [-0.1, -0.05) is 22.0 Å². The maximum atomic E-state index is 12.3. The minimum Gasteiger partial charge on any atom is -0.494 e. The first kappa shape index (κ1) is 19.3. The minimum atomic E-state index is -3.60. The molecule has 0 aromatic heterocycles. The molecule has 0 aliphatic rings. The SMILES string of the molecule is CCOc1cccc(NC(=O)CN(c2ccc(Br)cc2)S(C)(=O)=O)c1. The number of nitrogens with zero attached hydrogens (tertiary/aromatic N) is 1. The highest BCUT2D eigenvalue weighted by molar-refractivity contribution is 9.10. The molecule has 0 bridgehead atoms. The number of benzene rings is 2. The van der Waals surface area contributed by atoms with E-state index in [9.17, 15) is 13.2 Å². The summed E-state index contributed by atoms with van der Waals surface area (Å²) in [5.41, 5.74) is 0.962. The third kappa shape index (κ3) is 5.75. The molecule has 134 valence electrons. The maximum Gasteiger partial charge on any atom is 0.245 e. The third-order valence-electron chi connectivity index (χ3n) is 3.23. The minimum absolute atomic E-state index is 0.320. The van der Waals surface area contributed by atoms with E-state index in [0.717, 1.165) is 15.0 Å². The highest BCUT2D eigenvalue weighted by Gasteiger charge is 2.20. The number of anilines is 2. The zero-order valence-corrected chi connectivity index (χ0v) is 16.3. The molecule has 0 aliphatic heterocycles. The second-order valence-electron chi connectivity index (χ2n) is 5.26. The van der Waals surface area contributed by atoms with Crippen LogP contribution in [-0.4, -0.2) is 33.7 Å². The molecular formula is C17H19BrN2O4S. The second-order valence-corrected chi connectivity index (χ2v) is 8.08. The topological polar surface area (TPSA) is 75.7 Å². The summed E-state index contributed by atoms with van der Waals surface area (Å²) in [5.74, 6) is 0.190. The summed E-state index contributed by atoms with van der Waals surface area (Å²) in [6.07, 6.45) is 1.07. The number of sulfonamides is 1. The Morgan fingerprint density at radius 3 is 2.48 bits per heavy atom. The fourth-order valence-electron chi connectivity index (χ4n) is 2.17. The van der Waals surface area contributed by atoms with E-state index in [1.54, 1.807) is 48.5 Å². The number of amides is 1. The van der Waals surface area contributed by atoms with Crippen LogP contribution in [0.3, 0.4) is 0 Å². The Morgan fingerprint density at radius 2 is 1.88 bits per heavy atom. The van der Waals surface area contributed by atoms with Crippen LogP contribution in [-0.2, 0) is 14.8 Å². The maximum absolute atomic E-state index is 12.3. The Labute approximate surface area is 156 Å². The van der Waals surface area contributed by atoms with Gasteiger partial charge in [0.25, 0.3) is 0 Å². The molecule has 6 nitrogen and oxygen atoms in total. The van der Waals surface area contributed by atoms with Crippen molar-refractivity contribution in [1.82, 2.24) is 0 Å². The van der Waals surface area contributed by atoms with Crippen molar-refractivity contribution in [2.75, 3.05) is 29.0 Å². The van der Waals surface area contributed by atoms with Crippen LogP contribution in [0, 0.1) is 0 Å². The molecule has 0 fully saturated rings. The van der Waals surface area contributed by atoms with Crippen LogP contribution in [0.25, 0.3) is 0 Å². The molecule has 8 heteroatoms. The highest BCUT2D eigenvalue weighted by atomic mass is 79.9. The van der Waals surface area contributed by atoms with E-state index in [4.69, 9.17) is 4.74 Å². The number of ether oxygens (including phenoxy) is 1. The average molecular weight is 427 g/mol. The van der Waals surface area contributed by atoms with E-state index in [1.807, 2.05) is 6.92 Å². The van der Waals surface area contributed by atoms with Crippen LogP contribution < -0.4 is 14.4 Å². The molecular weight excluding hydrogens is 408 g/mol. The Morgan fingerprint density at radius 1 is 1.20 bits per heavy atom. The first-order valence-electron chi connectivity index (χ1n) is 7.55. The van der Waals surface area contributed by atoms with Crippen molar-refractivity contribution in [3.05, 3.63) is 53.0 Å². The highest BCUT2D eigenvalue weighted by Crippen LogP contribution is 2.21. The van der Waals surface area contributed by atoms with Gasteiger partial charge in [-0.3, -0.25) is 9.10 Å². The normalized spacial score (nSPS) is 11.0. The zero-order chi connectivity index (χ0) is 18.4. The van der Waals surface area contributed by atoms with E-state index >= 15 is 0 Å². The van der Waals surface area contributed by atoms with E-state index in [2.05, 4.69) is 21.2 Å². The van der Waals surface area contributed by atoms with Gasteiger partial charge in [-0.25, -0.2) is 8.42 Å². The molecule has 2 aromatic rings. The molecule has 0 saturated heterocycles. The molecule has 25 heavy (non-hydrogen) atoms. The van der Waals surface area contributed by atoms with Crippen molar-refractivity contribution >= 4 is 43.2 Å². The number of nitrogens with one attached hydrogen (secondary N) is 1. The fraction of sp³-hybridized carbons (Fsp3) is 0.235. The number of hydrogen-bond donors (Lipinski definition) is 1. The second kappa shape index (κ2) is 8.35. The van der Waals surface area contributed by atoms with Gasteiger partial charge in [0.1, 0.15) is 12.3 Å². The summed E-state index contributed by atoms with van der Waals surface area (Å²) in [7, 11) is -3.60. The standard InChI is InChI=1S/C17H19BrN2O4S/c1-3-24-16-6-4-5-14(11-16)19-17(21)12-20(25(2,22)23)15-9-7-13(18)8-10-15/h4-11H,3,12H2,1-2H3,(H,19,21). The number of carbonyl (C=O) groups is 1. The molecule has 0 saturated carbocycles. The lowest BCUT2D eigenvalue weighted by molar-refractivity contribution is -0.114. The van der Waals surface area contributed by atoms with Crippen molar-refractivity contribution in [2.24, 2.45) is 0 Å². The fourth-order valence-corrected chi connectivity index (χ4v) is 3.29. The first-order chi connectivity index (χ1) is 11.8. The molecule has 0 aliphatic carbocycles. The van der Waals surface area contributed by atoms with Gasteiger partial charge in [-0.05, 0) is 43.3 Å². The largest absolute Gasteiger partial charge is 0.494 e. The van der Waals surface area contributed by atoms with Crippen LogP contribution >= 0.6 is 15.9 Å². The summed E-state index contributed by atoms with van der Waals surface area (Å²) in [4.78, 5) is 12.3. The lowest BCUT2D eigenvalue weighted by atomic mass is 10.3. The van der Waals surface area contributed by atoms with Crippen molar-refractivity contribution in [1.29, 1.82) is 0 Å². The molecule has 1 N–H and O–H groups in total. The Kier molecular flexibility index (Phi) is 6.44. The van der Waals surface area contributed by atoms with Gasteiger partial charge >= 0.3 is 0 Å². The molecule has 1 amide bonds. The number of halogens is 1. The van der Waals surface area contributed by atoms with E-state index in [1.165, 1.54) is 0 Å². The summed E-state index contributed by atoms with van der Waals surface area (Å²) >= 11 is 3.30. The van der Waals surface area contributed by atoms with Gasteiger partial charge in [-0.15, -0.1) is 0 Å². The zero-order valence-electron chi connectivity index (χ0n) is 13.9. The molecule has 0 heterocycles. The monoisotopic (exact) mass is 426 g/mol. The number of hydrogen-bond acceptors (Lipinski definition) is 4. The van der Waals surface area contributed by atoms with Gasteiger partial charge in [0.05, 0.1) is 18.6 Å². The molecule has 0 atom stereocenters. The van der Waals surface area contributed by atoms with Crippen LogP contribution in [0.15, 0.2) is 53.0 Å². The van der Waals surface area contributed by atoms with Crippen LogP contribution in [0.2, 0.25) is 0 Å². The number of carbonyl (C=O) groups excluding carboxylic acids is 1. The van der Waals surface area contributed by atoms with E-state index in [0.29, 0.717) is 23.7 Å². The predicted molar refractivity (Wildman–Crippen MR) is 103 cm³/mol. The third-order valence-corrected chi connectivity index (χ3v) is 4.90. The summed E-state index contributed by atoms with van der Waals surface area (Å²) < 4.78 is 31.4. The summed E-state index contributed by atoms with van der Waals surface area (Å²) in [5, 5.41) is 2.69. The van der Waals surface area contributed by atoms with Crippen LogP contribution in [0.1, 0.15) is 6.92 Å². The van der Waals surface area contributed by atoms with Crippen molar-refractivity contribution < 1.29 is 17.9 Å². The van der Waals surface area contributed by atoms with Gasteiger partial charge in [-0.2, -0.15) is 0 Å². The van der Waals surface area contributed by atoms with Crippen molar-refractivity contribution in [3.63, 3.8) is 0 Å².